The first-order valence-electron chi connectivity index (χ1n) is 8.15. The molecule has 3 rings (SSSR count). The van der Waals surface area contributed by atoms with Crippen molar-refractivity contribution in [1.29, 1.82) is 0 Å². The molecule has 24 heavy (non-hydrogen) atoms. The molecule has 6 heteroatoms. The fourth-order valence-corrected chi connectivity index (χ4v) is 4.03. The predicted octanol–water partition coefficient (Wildman–Crippen LogP) is 1.49. The summed E-state index contributed by atoms with van der Waals surface area (Å²) < 4.78 is 16.3. The van der Waals surface area contributed by atoms with E-state index in [1.54, 1.807) is 31.4 Å². The molecule has 2 heterocycles. The van der Waals surface area contributed by atoms with Crippen LogP contribution in [0, 0.1) is 5.92 Å². The fourth-order valence-electron chi connectivity index (χ4n) is 4.03. The van der Waals surface area contributed by atoms with Crippen LogP contribution < -0.4 is 0 Å². The van der Waals surface area contributed by atoms with Gasteiger partial charge in [-0.15, -0.1) is 0 Å². The highest BCUT2D eigenvalue weighted by Crippen LogP contribution is 2.41. The summed E-state index contributed by atoms with van der Waals surface area (Å²) in [6, 6.07) is 8.91. The molecule has 0 amide bonds. The van der Waals surface area contributed by atoms with Crippen molar-refractivity contribution in [2.75, 3.05) is 21.3 Å². The van der Waals surface area contributed by atoms with E-state index >= 15 is 0 Å². The van der Waals surface area contributed by atoms with Gasteiger partial charge in [-0.25, -0.2) is 4.79 Å². The molecule has 1 aromatic rings. The minimum Gasteiger partial charge on any atom is -0.469 e. The summed E-state index contributed by atoms with van der Waals surface area (Å²) in [5.74, 6) is -1.32. The largest absolute Gasteiger partial charge is 0.469 e. The van der Waals surface area contributed by atoms with E-state index in [9.17, 15) is 9.59 Å². The number of likely N-dealkylation sites (N-methyl/N-ethyl adjacent to an activating group) is 1. The van der Waals surface area contributed by atoms with E-state index in [-0.39, 0.29) is 24.2 Å². The van der Waals surface area contributed by atoms with Crippen LogP contribution in [0.2, 0.25) is 0 Å². The molecule has 0 saturated carbocycles. The van der Waals surface area contributed by atoms with Gasteiger partial charge in [0.15, 0.2) is 0 Å². The molecule has 0 unspecified atom stereocenters. The third kappa shape index (κ3) is 2.91. The zero-order chi connectivity index (χ0) is 17.3. The summed E-state index contributed by atoms with van der Waals surface area (Å²) in [5.41, 5.74) is 0.482. The van der Waals surface area contributed by atoms with Crippen molar-refractivity contribution >= 4 is 11.9 Å². The van der Waals surface area contributed by atoms with E-state index in [2.05, 4.69) is 4.90 Å². The molecule has 6 nitrogen and oxygen atoms in total. The molecule has 0 spiro atoms. The Balaban J connectivity index is 1.84. The van der Waals surface area contributed by atoms with E-state index < -0.39 is 18.0 Å². The number of fused-ring (bicyclic) bond motifs is 2. The van der Waals surface area contributed by atoms with Crippen LogP contribution in [0.15, 0.2) is 30.3 Å². The molecule has 2 saturated heterocycles. The lowest BCUT2D eigenvalue weighted by Crippen LogP contribution is -2.55. The van der Waals surface area contributed by atoms with E-state index in [1.807, 2.05) is 13.1 Å². The summed E-state index contributed by atoms with van der Waals surface area (Å²) in [5, 5.41) is 0. The first kappa shape index (κ1) is 16.9. The van der Waals surface area contributed by atoms with Gasteiger partial charge in [0.25, 0.3) is 0 Å². The SMILES string of the molecule is COC(=O)[C@@H]1[C@H]2[C@H](OC)C[C@@H](C[C@@H]1OC(=O)c1ccccc1)N2C. The van der Waals surface area contributed by atoms with Gasteiger partial charge in [0.05, 0.1) is 24.8 Å². The fraction of sp³-hybridized carbons (Fsp3) is 0.556. The average Bonchev–Trinajstić information content (AvgIpc) is 2.81. The summed E-state index contributed by atoms with van der Waals surface area (Å²) in [6.45, 7) is 0. The minimum absolute atomic E-state index is 0.0653. The quantitative estimate of drug-likeness (QED) is 0.778. The third-order valence-electron chi connectivity index (χ3n) is 5.25. The summed E-state index contributed by atoms with van der Waals surface area (Å²) >= 11 is 0. The number of hydrogen-bond donors (Lipinski definition) is 0. The van der Waals surface area contributed by atoms with Crippen LogP contribution in [0.5, 0.6) is 0 Å². The molecular weight excluding hydrogens is 310 g/mol. The first-order valence-corrected chi connectivity index (χ1v) is 8.15. The lowest BCUT2D eigenvalue weighted by atomic mass is 9.87. The number of piperidine rings is 1. The van der Waals surface area contributed by atoms with Gasteiger partial charge in [-0.05, 0) is 25.6 Å². The standard InChI is InChI=1S/C18H23NO5/c1-19-12-9-13(24-17(20)11-7-5-4-6-8-11)15(18(21)23-3)16(19)14(10-12)22-2/h4-8,12-16H,9-10H2,1-3H3/t12-,13+,14-,15+,16-/m1/s1. The Morgan fingerprint density at radius 1 is 1.08 bits per heavy atom. The van der Waals surface area contributed by atoms with Gasteiger partial charge in [-0.3, -0.25) is 9.69 Å². The predicted molar refractivity (Wildman–Crippen MR) is 86.5 cm³/mol. The molecule has 2 aliphatic rings. The lowest BCUT2D eigenvalue weighted by Gasteiger charge is -2.41. The first-order chi connectivity index (χ1) is 11.6. The molecule has 2 aliphatic heterocycles. The number of carbonyl (C=O) groups excluding carboxylic acids is 2. The van der Waals surface area contributed by atoms with Crippen molar-refractivity contribution in [2.24, 2.45) is 5.92 Å². The number of benzene rings is 1. The number of esters is 2. The third-order valence-corrected chi connectivity index (χ3v) is 5.25. The van der Waals surface area contributed by atoms with Crippen molar-refractivity contribution in [1.82, 2.24) is 4.90 Å². The molecule has 130 valence electrons. The van der Waals surface area contributed by atoms with E-state index in [4.69, 9.17) is 14.2 Å². The molecular formula is C18H23NO5. The van der Waals surface area contributed by atoms with Gasteiger partial charge in [0, 0.05) is 19.6 Å². The van der Waals surface area contributed by atoms with Gasteiger partial charge in [0.1, 0.15) is 12.0 Å². The summed E-state index contributed by atoms with van der Waals surface area (Å²) in [7, 11) is 5.00. The van der Waals surface area contributed by atoms with Crippen LogP contribution in [0.1, 0.15) is 23.2 Å². The van der Waals surface area contributed by atoms with Gasteiger partial charge in [-0.1, -0.05) is 18.2 Å². The van der Waals surface area contributed by atoms with E-state index in [1.165, 1.54) is 7.11 Å². The molecule has 0 aromatic heterocycles. The Bertz CT molecular complexity index is 605. The second-order valence-corrected chi connectivity index (χ2v) is 6.41. The van der Waals surface area contributed by atoms with Crippen LogP contribution in [0.3, 0.4) is 0 Å². The molecule has 2 fully saturated rings. The van der Waals surface area contributed by atoms with Gasteiger partial charge in [-0.2, -0.15) is 0 Å². The van der Waals surface area contributed by atoms with E-state index in [0.29, 0.717) is 12.0 Å². The van der Waals surface area contributed by atoms with Crippen molar-refractivity contribution < 1.29 is 23.8 Å². The van der Waals surface area contributed by atoms with Crippen molar-refractivity contribution in [3.05, 3.63) is 35.9 Å². The minimum atomic E-state index is -0.545. The highest BCUT2D eigenvalue weighted by molar-refractivity contribution is 5.89. The van der Waals surface area contributed by atoms with Crippen LogP contribution in [-0.4, -0.2) is 62.4 Å². The van der Waals surface area contributed by atoms with Gasteiger partial charge in [0.2, 0.25) is 0 Å². The monoisotopic (exact) mass is 333 g/mol. The Hall–Kier alpha value is -1.92. The maximum absolute atomic E-state index is 12.4. The van der Waals surface area contributed by atoms with Crippen LogP contribution in [0.25, 0.3) is 0 Å². The Labute approximate surface area is 141 Å². The summed E-state index contributed by atoms with van der Waals surface area (Å²) in [6.07, 6.45) is 0.858. The highest BCUT2D eigenvalue weighted by atomic mass is 16.6. The number of methoxy groups -OCH3 is 2. The molecule has 0 N–H and O–H groups in total. The number of rotatable bonds is 4. The van der Waals surface area contributed by atoms with Crippen molar-refractivity contribution in [3.63, 3.8) is 0 Å². The maximum Gasteiger partial charge on any atom is 0.338 e. The molecule has 0 aliphatic carbocycles. The Morgan fingerprint density at radius 2 is 1.75 bits per heavy atom. The topological polar surface area (TPSA) is 65.1 Å². The number of nitrogens with zero attached hydrogens (tertiary/aromatic N) is 1. The van der Waals surface area contributed by atoms with Gasteiger partial charge >= 0.3 is 11.9 Å². The second kappa shape index (κ2) is 6.91. The number of hydrogen-bond acceptors (Lipinski definition) is 6. The van der Waals surface area contributed by atoms with Crippen LogP contribution in [-0.2, 0) is 19.0 Å². The Kier molecular flexibility index (Phi) is 4.87. The molecule has 0 radical (unpaired) electrons. The normalized spacial score (nSPS) is 32.4. The van der Waals surface area contributed by atoms with Crippen molar-refractivity contribution in [3.8, 4) is 0 Å². The number of ether oxygens (including phenoxy) is 3. The molecule has 5 atom stereocenters. The van der Waals surface area contributed by atoms with Crippen LogP contribution >= 0.6 is 0 Å². The second-order valence-electron chi connectivity index (χ2n) is 6.41. The smallest absolute Gasteiger partial charge is 0.338 e. The highest BCUT2D eigenvalue weighted by Gasteiger charge is 2.55. The lowest BCUT2D eigenvalue weighted by molar-refractivity contribution is -0.158. The number of carbonyl (C=O) groups is 2. The van der Waals surface area contributed by atoms with Crippen molar-refractivity contribution in [2.45, 2.75) is 37.1 Å². The molecule has 2 bridgehead atoms. The van der Waals surface area contributed by atoms with Crippen LogP contribution in [0.4, 0.5) is 0 Å². The van der Waals surface area contributed by atoms with Gasteiger partial charge < -0.3 is 14.2 Å². The zero-order valence-corrected chi connectivity index (χ0v) is 14.2. The average molecular weight is 333 g/mol. The zero-order valence-electron chi connectivity index (χ0n) is 14.2. The summed E-state index contributed by atoms with van der Waals surface area (Å²) in [4.78, 5) is 27.0. The molecule has 1 aromatic carbocycles. The maximum atomic E-state index is 12.4. The van der Waals surface area contributed by atoms with E-state index in [0.717, 1.165) is 6.42 Å². The Morgan fingerprint density at radius 3 is 2.38 bits per heavy atom.